The van der Waals surface area contributed by atoms with Crippen LogP contribution in [0.15, 0.2) is 30.3 Å². The summed E-state index contributed by atoms with van der Waals surface area (Å²) in [6.45, 7) is 3.43. The van der Waals surface area contributed by atoms with Gasteiger partial charge in [-0.25, -0.2) is 0 Å². The van der Waals surface area contributed by atoms with Crippen molar-refractivity contribution in [1.29, 1.82) is 0 Å². The second-order valence-electron chi connectivity index (χ2n) is 3.87. The quantitative estimate of drug-likeness (QED) is 0.691. The highest BCUT2D eigenvalue weighted by atomic mass is 16.1. The Morgan fingerprint density at radius 1 is 1.20 bits per heavy atom. The molecule has 2 heteroatoms. The van der Waals surface area contributed by atoms with E-state index in [1.807, 2.05) is 37.3 Å². The lowest BCUT2D eigenvalue weighted by Crippen LogP contribution is -2.12. The summed E-state index contributed by atoms with van der Waals surface area (Å²) in [6, 6.07) is 9.21. The van der Waals surface area contributed by atoms with E-state index < -0.39 is 0 Å². The molecule has 1 rings (SSSR count). The molecule has 0 aliphatic carbocycles. The zero-order valence-electron chi connectivity index (χ0n) is 9.19. The van der Waals surface area contributed by atoms with Crippen molar-refractivity contribution < 1.29 is 9.59 Å². The molecule has 0 saturated heterocycles. The summed E-state index contributed by atoms with van der Waals surface area (Å²) in [7, 11) is 0. The van der Waals surface area contributed by atoms with Gasteiger partial charge in [0.2, 0.25) is 0 Å². The topological polar surface area (TPSA) is 34.1 Å². The third kappa shape index (κ3) is 3.66. The zero-order chi connectivity index (χ0) is 11.3. The molecule has 1 aromatic rings. The van der Waals surface area contributed by atoms with E-state index in [9.17, 15) is 9.59 Å². The van der Waals surface area contributed by atoms with Crippen molar-refractivity contribution in [2.75, 3.05) is 0 Å². The number of carbonyl (C=O) groups excluding carboxylic acids is 2. The number of carbonyl (C=O) groups is 2. The van der Waals surface area contributed by atoms with Crippen molar-refractivity contribution >= 4 is 11.6 Å². The predicted molar refractivity (Wildman–Crippen MR) is 59.9 cm³/mol. The van der Waals surface area contributed by atoms with Gasteiger partial charge in [0.25, 0.3) is 0 Å². The fourth-order valence-corrected chi connectivity index (χ4v) is 1.44. The van der Waals surface area contributed by atoms with Gasteiger partial charge in [0.05, 0.1) is 0 Å². The molecule has 0 aliphatic heterocycles. The maximum atomic E-state index is 11.8. The van der Waals surface area contributed by atoms with Crippen LogP contribution in [0, 0.1) is 5.92 Å². The smallest absolute Gasteiger partial charge is 0.165 e. The number of hydrogen-bond donors (Lipinski definition) is 0. The minimum absolute atomic E-state index is 0.0729. The summed E-state index contributed by atoms with van der Waals surface area (Å²) < 4.78 is 0. The van der Waals surface area contributed by atoms with Crippen molar-refractivity contribution in [1.82, 2.24) is 0 Å². The first-order valence-electron chi connectivity index (χ1n) is 5.20. The third-order valence-electron chi connectivity index (χ3n) is 2.44. The van der Waals surface area contributed by atoms with Crippen LogP contribution in [0.5, 0.6) is 0 Å². The van der Waals surface area contributed by atoms with Crippen LogP contribution in [-0.4, -0.2) is 11.6 Å². The van der Waals surface area contributed by atoms with Crippen LogP contribution >= 0.6 is 0 Å². The van der Waals surface area contributed by atoms with E-state index in [1.54, 1.807) is 6.92 Å². The second kappa shape index (κ2) is 5.44. The number of ketones is 2. The minimum atomic E-state index is -0.0729. The van der Waals surface area contributed by atoms with Crippen LogP contribution in [0.3, 0.4) is 0 Å². The molecule has 1 aromatic carbocycles. The van der Waals surface area contributed by atoms with Crippen molar-refractivity contribution in [3.05, 3.63) is 35.9 Å². The molecular formula is C13H16O2. The maximum Gasteiger partial charge on any atom is 0.165 e. The lowest BCUT2D eigenvalue weighted by molar-refractivity contribution is -0.117. The highest BCUT2D eigenvalue weighted by Gasteiger charge is 2.14. The van der Waals surface area contributed by atoms with Gasteiger partial charge in [-0.3, -0.25) is 4.79 Å². The molecule has 1 atom stereocenters. The fourth-order valence-electron chi connectivity index (χ4n) is 1.44. The Balaban J connectivity index is 2.57. The molecule has 0 unspecified atom stereocenters. The van der Waals surface area contributed by atoms with Crippen LogP contribution in [0.4, 0.5) is 0 Å². The van der Waals surface area contributed by atoms with Crippen LogP contribution < -0.4 is 0 Å². The van der Waals surface area contributed by atoms with Crippen molar-refractivity contribution in [3.8, 4) is 0 Å². The van der Waals surface area contributed by atoms with Crippen molar-refractivity contribution in [2.45, 2.75) is 26.7 Å². The van der Waals surface area contributed by atoms with Crippen LogP contribution in [-0.2, 0) is 4.79 Å². The summed E-state index contributed by atoms with van der Waals surface area (Å²) in [4.78, 5) is 22.6. The summed E-state index contributed by atoms with van der Waals surface area (Å²) >= 11 is 0. The van der Waals surface area contributed by atoms with Gasteiger partial charge in [-0.1, -0.05) is 37.3 Å². The van der Waals surface area contributed by atoms with E-state index >= 15 is 0 Å². The lowest BCUT2D eigenvalue weighted by Gasteiger charge is -2.08. The Bertz CT molecular complexity index is 341. The second-order valence-corrected chi connectivity index (χ2v) is 3.87. The molecule has 2 nitrogen and oxygen atoms in total. The molecular weight excluding hydrogens is 188 g/mol. The predicted octanol–water partition coefficient (Wildman–Crippen LogP) is 2.87. The largest absolute Gasteiger partial charge is 0.300 e. The molecule has 0 aliphatic rings. The van der Waals surface area contributed by atoms with Crippen LogP contribution in [0.1, 0.15) is 37.0 Å². The number of rotatable bonds is 5. The van der Waals surface area contributed by atoms with E-state index in [1.165, 1.54) is 0 Å². The van der Waals surface area contributed by atoms with E-state index in [0.717, 1.165) is 5.56 Å². The SMILES string of the molecule is CC(=O)CC[C@@H](C)C(=O)c1ccccc1. The maximum absolute atomic E-state index is 11.8. The lowest BCUT2D eigenvalue weighted by atomic mass is 9.94. The third-order valence-corrected chi connectivity index (χ3v) is 2.44. The molecule has 0 fully saturated rings. The molecule has 0 N–H and O–H groups in total. The Morgan fingerprint density at radius 2 is 1.80 bits per heavy atom. The van der Waals surface area contributed by atoms with Gasteiger partial charge in [0, 0.05) is 17.9 Å². The Hall–Kier alpha value is -1.44. The van der Waals surface area contributed by atoms with E-state index in [-0.39, 0.29) is 17.5 Å². The van der Waals surface area contributed by atoms with Gasteiger partial charge >= 0.3 is 0 Å². The van der Waals surface area contributed by atoms with Gasteiger partial charge < -0.3 is 4.79 Å². The minimum Gasteiger partial charge on any atom is -0.300 e. The van der Waals surface area contributed by atoms with E-state index in [4.69, 9.17) is 0 Å². The monoisotopic (exact) mass is 204 g/mol. The highest BCUT2D eigenvalue weighted by molar-refractivity contribution is 5.97. The number of Topliss-reactive ketones (excluding diaryl/α,β-unsaturated/α-hetero) is 2. The van der Waals surface area contributed by atoms with Gasteiger partial charge in [-0.15, -0.1) is 0 Å². The Morgan fingerprint density at radius 3 is 2.33 bits per heavy atom. The molecule has 15 heavy (non-hydrogen) atoms. The first-order valence-corrected chi connectivity index (χ1v) is 5.20. The van der Waals surface area contributed by atoms with Crippen LogP contribution in [0.25, 0.3) is 0 Å². The van der Waals surface area contributed by atoms with Gasteiger partial charge in [-0.2, -0.15) is 0 Å². The molecule has 0 radical (unpaired) electrons. The highest BCUT2D eigenvalue weighted by Crippen LogP contribution is 2.13. The standard InChI is InChI=1S/C13H16O2/c1-10(8-9-11(2)14)13(15)12-6-4-3-5-7-12/h3-7,10H,8-9H2,1-2H3/t10-/m1/s1. The Kier molecular flexibility index (Phi) is 4.22. The molecule has 0 bridgehead atoms. The average Bonchev–Trinajstić information content (AvgIpc) is 2.26. The summed E-state index contributed by atoms with van der Waals surface area (Å²) in [5, 5.41) is 0. The molecule has 0 amide bonds. The summed E-state index contributed by atoms with van der Waals surface area (Å²) in [6.07, 6.45) is 1.13. The van der Waals surface area contributed by atoms with Gasteiger partial charge in [-0.05, 0) is 13.3 Å². The van der Waals surface area contributed by atoms with E-state index in [0.29, 0.717) is 12.8 Å². The average molecular weight is 204 g/mol. The normalized spacial score (nSPS) is 12.1. The Labute approximate surface area is 90.3 Å². The van der Waals surface area contributed by atoms with E-state index in [2.05, 4.69) is 0 Å². The first-order chi connectivity index (χ1) is 7.11. The molecule has 0 aromatic heterocycles. The van der Waals surface area contributed by atoms with Crippen molar-refractivity contribution in [2.24, 2.45) is 5.92 Å². The molecule has 0 spiro atoms. The summed E-state index contributed by atoms with van der Waals surface area (Å²) in [5.41, 5.74) is 0.730. The molecule has 0 heterocycles. The fraction of sp³-hybridized carbons (Fsp3) is 0.385. The van der Waals surface area contributed by atoms with Crippen LogP contribution in [0.2, 0.25) is 0 Å². The van der Waals surface area contributed by atoms with Gasteiger partial charge in [0.15, 0.2) is 5.78 Å². The number of benzene rings is 1. The number of hydrogen-bond acceptors (Lipinski definition) is 2. The zero-order valence-corrected chi connectivity index (χ0v) is 9.19. The van der Waals surface area contributed by atoms with Crippen molar-refractivity contribution in [3.63, 3.8) is 0 Å². The molecule has 0 saturated carbocycles. The first kappa shape index (κ1) is 11.6. The molecule has 80 valence electrons. The van der Waals surface area contributed by atoms with Gasteiger partial charge in [0.1, 0.15) is 5.78 Å². The summed E-state index contributed by atoms with van der Waals surface area (Å²) in [5.74, 6) is 0.191.